The Labute approximate surface area is 153 Å². The molecule has 0 aliphatic heterocycles. The summed E-state index contributed by atoms with van der Waals surface area (Å²) in [7, 11) is 0. The number of aromatic nitrogens is 3. The van der Waals surface area contributed by atoms with E-state index in [4.69, 9.17) is 23.2 Å². The highest BCUT2D eigenvalue weighted by molar-refractivity contribution is 7.98. The van der Waals surface area contributed by atoms with Crippen LogP contribution in [0.2, 0.25) is 10.0 Å². The minimum atomic E-state index is -0.230. The van der Waals surface area contributed by atoms with Crippen LogP contribution < -0.4 is 0 Å². The molecule has 1 fully saturated rings. The van der Waals surface area contributed by atoms with Gasteiger partial charge in [0.1, 0.15) is 12.1 Å². The second-order valence-electron chi connectivity index (χ2n) is 5.63. The van der Waals surface area contributed by atoms with Gasteiger partial charge in [-0.05, 0) is 31.2 Å². The molecule has 1 heterocycles. The second-order valence-corrected chi connectivity index (χ2v) is 7.19. The number of rotatable bonds is 7. The predicted molar refractivity (Wildman–Crippen MR) is 94.0 cm³/mol. The third-order valence-corrected chi connectivity index (χ3v) is 5.46. The van der Waals surface area contributed by atoms with Crippen molar-refractivity contribution in [2.45, 2.75) is 31.0 Å². The van der Waals surface area contributed by atoms with E-state index in [1.54, 1.807) is 16.8 Å². The lowest BCUT2D eigenvalue weighted by Gasteiger charge is -2.13. The number of carbonyl (C=O) groups excluding carboxylic acids is 2. The van der Waals surface area contributed by atoms with Crippen LogP contribution in [0.3, 0.4) is 0 Å². The molecule has 8 heteroatoms. The maximum Gasteiger partial charge on any atom is 0.186 e. The smallest absolute Gasteiger partial charge is 0.186 e. The summed E-state index contributed by atoms with van der Waals surface area (Å²) >= 11 is 13.9. The molecule has 0 amide bonds. The molecule has 2 aromatic rings. The zero-order chi connectivity index (χ0) is 17.3. The summed E-state index contributed by atoms with van der Waals surface area (Å²) in [5.74, 6) is -0.174. The van der Waals surface area contributed by atoms with Crippen molar-refractivity contribution in [2.24, 2.45) is 5.92 Å². The number of hydrogen-bond acceptors (Lipinski definition) is 5. The first-order chi connectivity index (χ1) is 11.5. The van der Waals surface area contributed by atoms with Gasteiger partial charge < -0.3 is 0 Å². The second kappa shape index (κ2) is 7.25. The number of carbonyl (C=O) groups is 2. The van der Waals surface area contributed by atoms with E-state index in [1.807, 2.05) is 6.26 Å². The molecular weight excluding hydrogens is 369 g/mol. The first kappa shape index (κ1) is 17.5. The first-order valence-electron chi connectivity index (χ1n) is 7.45. The van der Waals surface area contributed by atoms with Crippen molar-refractivity contribution in [3.8, 4) is 0 Å². The topological polar surface area (TPSA) is 64.8 Å². The van der Waals surface area contributed by atoms with E-state index in [2.05, 4.69) is 10.1 Å². The van der Waals surface area contributed by atoms with Crippen LogP contribution in [-0.4, -0.2) is 32.6 Å². The summed E-state index contributed by atoms with van der Waals surface area (Å²) in [4.78, 5) is 28.7. The Hall–Kier alpha value is -1.37. The molecule has 5 nitrogen and oxygen atoms in total. The van der Waals surface area contributed by atoms with Gasteiger partial charge >= 0.3 is 0 Å². The Bertz CT molecular complexity index is 803. The Morgan fingerprint density at radius 2 is 2.08 bits per heavy atom. The maximum absolute atomic E-state index is 12.6. The molecular formula is C16H15Cl2N3O2S. The normalized spacial score (nSPS) is 14.0. The molecule has 0 N–H and O–H groups in total. The molecule has 0 bridgehead atoms. The molecule has 1 aromatic heterocycles. The van der Waals surface area contributed by atoms with Gasteiger partial charge in [0.25, 0.3) is 0 Å². The van der Waals surface area contributed by atoms with Gasteiger partial charge in [-0.3, -0.25) is 9.59 Å². The minimum Gasteiger partial charge on any atom is -0.299 e. The average Bonchev–Trinajstić information content (AvgIpc) is 3.32. The number of nitrogens with zero attached hydrogens (tertiary/aromatic N) is 3. The molecule has 24 heavy (non-hydrogen) atoms. The Morgan fingerprint density at radius 3 is 2.75 bits per heavy atom. The fourth-order valence-corrected chi connectivity index (χ4v) is 3.36. The van der Waals surface area contributed by atoms with E-state index in [1.165, 1.54) is 18.1 Å². The van der Waals surface area contributed by atoms with E-state index in [0.29, 0.717) is 26.3 Å². The number of benzene rings is 1. The van der Waals surface area contributed by atoms with E-state index in [-0.39, 0.29) is 30.4 Å². The fraction of sp³-hybridized carbons (Fsp3) is 0.375. The van der Waals surface area contributed by atoms with Crippen molar-refractivity contribution in [2.75, 3.05) is 6.26 Å². The van der Waals surface area contributed by atoms with Gasteiger partial charge in [-0.15, -0.1) is 0 Å². The summed E-state index contributed by atoms with van der Waals surface area (Å²) in [5, 5.41) is 5.54. The van der Waals surface area contributed by atoms with Crippen molar-refractivity contribution in [3.05, 3.63) is 39.6 Å². The molecule has 0 spiro atoms. The van der Waals surface area contributed by atoms with E-state index < -0.39 is 0 Å². The van der Waals surface area contributed by atoms with Gasteiger partial charge in [-0.2, -0.15) is 5.10 Å². The summed E-state index contributed by atoms with van der Waals surface area (Å²) in [5.41, 5.74) is 0.986. The van der Waals surface area contributed by atoms with Gasteiger partial charge in [-0.25, -0.2) is 9.67 Å². The first-order valence-corrected chi connectivity index (χ1v) is 9.44. The van der Waals surface area contributed by atoms with Crippen LogP contribution in [0.15, 0.2) is 23.6 Å². The van der Waals surface area contributed by atoms with Crippen LogP contribution in [0, 0.1) is 5.92 Å². The van der Waals surface area contributed by atoms with Crippen molar-refractivity contribution >= 4 is 46.5 Å². The monoisotopic (exact) mass is 383 g/mol. The zero-order valence-electron chi connectivity index (χ0n) is 13.0. The molecule has 1 aromatic carbocycles. The number of hydrogen-bond donors (Lipinski definition) is 0. The van der Waals surface area contributed by atoms with Crippen LogP contribution >= 0.6 is 35.0 Å². The highest BCUT2D eigenvalue weighted by Gasteiger charge is 2.31. The van der Waals surface area contributed by atoms with Crippen molar-refractivity contribution < 1.29 is 9.59 Å². The highest BCUT2D eigenvalue weighted by atomic mass is 35.5. The Morgan fingerprint density at radius 1 is 1.33 bits per heavy atom. The number of thioether (sulfide) groups is 1. The van der Waals surface area contributed by atoms with Crippen LogP contribution in [-0.2, 0) is 11.3 Å². The number of Topliss-reactive ketones (excluding diaryl/α,β-unsaturated/α-hetero) is 2. The highest BCUT2D eigenvalue weighted by Crippen LogP contribution is 2.33. The Kier molecular flexibility index (Phi) is 5.27. The van der Waals surface area contributed by atoms with Gasteiger partial charge in [-0.1, -0.05) is 35.0 Å². The van der Waals surface area contributed by atoms with Gasteiger partial charge in [0.15, 0.2) is 10.9 Å². The molecule has 1 aliphatic rings. The lowest BCUT2D eigenvalue weighted by molar-refractivity contribution is -0.119. The number of ketones is 2. The van der Waals surface area contributed by atoms with Crippen molar-refractivity contribution in [1.29, 1.82) is 0 Å². The van der Waals surface area contributed by atoms with Crippen molar-refractivity contribution in [1.82, 2.24) is 14.8 Å². The average molecular weight is 384 g/mol. The summed E-state index contributed by atoms with van der Waals surface area (Å²) in [6.45, 7) is 0.272. The van der Waals surface area contributed by atoms with Crippen LogP contribution in [0.25, 0.3) is 0 Å². The Balaban J connectivity index is 1.92. The van der Waals surface area contributed by atoms with E-state index in [0.717, 1.165) is 12.8 Å². The van der Waals surface area contributed by atoms with Crippen LogP contribution in [0.4, 0.5) is 0 Å². The summed E-state index contributed by atoms with van der Waals surface area (Å²) in [6, 6.07) is 3.21. The lowest BCUT2D eigenvalue weighted by atomic mass is 9.98. The van der Waals surface area contributed by atoms with Gasteiger partial charge in [0.05, 0.1) is 23.0 Å². The zero-order valence-corrected chi connectivity index (χ0v) is 15.3. The standard InChI is InChI=1S/C16H15Cl2N3O2S/c1-24-16-19-8-20-21(16)7-11-10(4-5-12(17)15(11)18)14(23)6-13(22)9-2-3-9/h4-5,8-9H,2-3,6-7H2,1H3. The molecule has 1 saturated carbocycles. The van der Waals surface area contributed by atoms with E-state index >= 15 is 0 Å². The number of halogens is 2. The van der Waals surface area contributed by atoms with Crippen molar-refractivity contribution in [3.63, 3.8) is 0 Å². The quantitative estimate of drug-likeness (QED) is 0.412. The van der Waals surface area contributed by atoms with Crippen LogP contribution in [0.5, 0.6) is 0 Å². The molecule has 3 rings (SSSR count). The molecule has 0 atom stereocenters. The summed E-state index contributed by atoms with van der Waals surface area (Å²) in [6.07, 6.45) is 5.01. The third-order valence-electron chi connectivity index (χ3n) is 3.93. The lowest BCUT2D eigenvalue weighted by Crippen LogP contribution is -2.14. The van der Waals surface area contributed by atoms with E-state index in [9.17, 15) is 9.59 Å². The molecule has 0 radical (unpaired) electrons. The maximum atomic E-state index is 12.6. The van der Waals surface area contributed by atoms with Crippen LogP contribution in [0.1, 0.15) is 35.2 Å². The molecule has 0 saturated heterocycles. The molecule has 0 unspecified atom stereocenters. The largest absolute Gasteiger partial charge is 0.299 e. The van der Waals surface area contributed by atoms with Gasteiger partial charge in [0.2, 0.25) is 0 Å². The fourth-order valence-electron chi connectivity index (χ4n) is 2.48. The SMILES string of the molecule is CSc1ncnn1Cc1c(C(=O)CC(=O)C2CC2)ccc(Cl)c1Cl. The minimum absolute atomic E-state index is 0.00239. The predicted octanol–water partition coefficient (Wildman–Crippen LogP) is 3.91. The summed E-state index contributed by atoms with van der Waals surface area (Å²) < 4.78 is 1.65. The molecule has 126 valence electrons. The van der Waals surface area contributed by atoms with Gasteiger partial charge in [0, 0.05) is 17.0 Å². The third kappa shape index (κ3) is 3.66. The molecule has 1 aliphatic carbocycles.